The highest BCUT2D eigenvalue weighted by Crippen LogP contribution is 2.32. The molecule has 0 bridgehead atoms. The number of nitrogens with zero attached hydrogens (tertiary/aromatic N) is 4. The quantitative estimate of drug-likeness (QED) is 0.578. The number of benzene rings is 1. The lowest BCUT2D eigenvalue weighted by atomic mass is 10.2. The topological polar surface area (TPSA) is 117 Å². The number of nitrogens with two attached hydrogens (primary N) is 1. The van der Waals surface area contributed by atoms with Gasteiger partial charge in [0.05, 0.1) is 10.4 Å². The van der Waals surface area contributed by atoms with Crippen LogP contribution in [0.3, 0.4) is 0 Å². The molecule has 0 saturated heterocycles. The van der Waals surface area contributed by atoms with E-state index in [0.717, 1.165) is 11.7 Å². The Bertz CT molecular complexity index is 837. The van der Waals surface area contributed by atoms with E-state index >= 15 is 0 Å². The van der Waals surface area contributed by atoms with E-state index in [2.05, 4.69) is 15.0 Å². The molecular weight excluding hydrogens is 274 g/mol. The molecule has 3 aromatic rings. The minimum absolute atomic E-state index is 0.206. The number of aromatic nitrogens is 3. The summed E-state index contributed by atoms with van der Waals surface area (Å²) in [6, 6.07) is 8.85. The highest BCUT2D eigenvalue weighted by Gasteiger charge is 2.23. The van der Waals surface area contributed by atoms with E-state index in [-0.39, 0.29) is 11.7 Å². The van der Waals surface area contributed by atoms with E-state index < -0.39 is 10.6 Å². The van der Waals surface area contributed by atoms with Crippen LogP contribution in [0.4, 0.5) is 11.5 Å². The predicted molar refractivity (Wildman–Crippen MR) is 74.9 cm³/mol. The van der Waals surface area contributed by atoms with Gasteiger partial charge in [-0.25, -0.2) is 4.98 Å². The van der Waals surface area contributed by atoms with Gasteiger partial charge in [-0.1, -0.05) is 6.07 Å². The minimum atomic E-state index is -0.677. The highest BCUT2D eigenvalue weighted by atomic mass is 16.6. The number of hydrogen-bond acceptors (Lipinski definition) is 7. The van der Waals surface area contributed by atoms with Gasteiger partial charge in [-0.15, -0.1) is 0 Å². The van der Waals surface area contributed by atoms with Gasteiger partial charge >= 0.3 is 11.6 Å². The normalized spacial score (nSPS) is 10.5. The van der Waals surface area contributed by atoms with Crippen molar-refractivity contribution in [3.05, 3.63) is 53.0 Å². The second kappa shape index (κ2) is 5.00. The Morgan fingerprint density at radius 1 is 1.19 bits per heavy atom. The maximum Gasteiger partial charge on any atom is 0.372 e. The molecule has 0 fully saturated rings. The Hall–Kier alpha value is -3.29. The minimum Gasteiger partial charge on any atom is -0.433 e. The SMILES string of the molecule is Nc1ncnc(Oc2ccc3cccnc3c2)c1[N+](=O)[O-]. The summed E-state index contributed by atoms with van der Waals surface area (Å²) in [4.78, 5) is 21.9. The Balaban J connectivity index is 2.02. The standard InChI is InChI=1S/C13H9N5O3/c14-12-11(18(19)20)13(17-7-16-12)21-9-4-3-8-2-1-5-15-10(8)6-9/h1-7H,(H2,14,16,17). The number of nitrogen functional groups attached to an aromatic ring is 1. The number of nitro groups is 1. The lowest BCUT2D eigenvalue weighted by molar-refractivity contribution is -0.385. The van der Waals surface area contributed by atoms with Crippen LogP contribution >= 0.6 is 0 Å². The van der Waals surface area contributed by atoms with Crippen molar-refractivity contribution in [2.75, 3.05) is 5.73 Å². The summed E-state index contributed by atoms with van der Waals surface area (Å²) in [5, 5.41) is 11.9. The number of pyridine rings is 1. The van der Waals surface area contributed by atoms with Crippen molar-refractivity contribution in [2.24, 2.45) is 0 Å². The number of hydrogen-bond donors (Lipinski definition) is 1. The van der Waals surface area contributed by atoms with Crippen LogP contribution < -0.4 is 10.5 Å². The van der Waals surface area contributed by atoms with Gasteiger partial charge in [0, 0.05) is 17.6 Å². The summed E-state index contributed by atoms with van der Waals surface area (Å²) in [7, 11) is 0. The Labute approximate surface area is 118 Å². The Kier molecular flexibility index (Phi) is 3.03. The van der Waals surface area contributed by atoms with Gasteiger partial charge in [-0.2, -0.15) is 4.98 Å². The molecule has 0 aliphatic heterocycles. The number of rotatable bonds is 3. The second-order valence-electron chi connectivity index (χ2n) is 4.13. The van der Waals surface area contributed by atoms with E-state index in [1.807, 2.05) is 12.1 Å². The fraction of sp³-hybridized carbons (Fsp3) is 0. The molecule has 104 valence electrons. The van der Waals surface area contributed by atoms with Crippen molar-refractivity contribution in [2.45, 2.75) is 0 Å². The van der Waals surface area contributed by atoms with Crippen LogP contribution in [0.25, 0.3) is 10.9 Å². The Morgan fingerprint density at radius 3 is 2.86 bits per heavy atom. The molecule has 8 heteroatoms. The molecule has 0 radical (unpaired) electrons. The van der Waals surface area contributed by atoms with E-state index in [0.29, 0.717) is 11.3 Å². The molecular formula is C13H9N5O3. The fourth-order valence-electron chi connectivity index (χ4n) is 1.84. The smallest absolute Gasteiger partial charge is 0.372 e. The fourth-order valence-corrected chi connectivity index (χ4v) is 1.84. The van der Waals surface area contributed by atoms with Crippen molar-refractivity contribution < 1.29 is 9.66 Å². The molecule has 2 N–H and O–H groups in total. The molecule has 0 saturated carbocycles. The van der Waals surface area contributed by atoms with E-state index in [1.54, 1.807) is 24.4 Å². The van der Waals surface area contributed by atoms with E-state index in [1.165, 1.54) is 0 Å². The average Bonchev–Trinajstić information content (AvgIpc) is 2.47. The first-order valence-corrected chi connectivity index (χ1v) is 5.92. The number of anilines is 1. The first-order chi connectivity index (χ1) is 10.1. The third kappa shape index (κ3) is 2.41. The molecule has 2 heterocycles. The summed E-state index contributed by atoms with van der Waals surface area (Å²) >= 11 is 0. The molecule has 0 aliphatic rings. The third-order valence-electron chi connectivity index (χ3n) is 2.79. The summed E-state index contributed by atoms with van der Waals surface area (Å²) in [6.07, 6.45) is 2.76. The van der Waals surface area contributed by atoms with Crippen LogP contribution in [0.5, 0.6) is 11.6 Å². The van der Waals surface area contributed by atoms with Gasteiger partial charge in [0.1, 0.15) is 12.1 Å². The summed E-state index contributed by atoms with van der Waals surface area (Å²) in [5.74, 6) is -0.0749. The van der Waals surface area contributed by atoms with Crippen molar-refractivity contribution in [3.8, 4) is 11.6 Å². The number of fused-ring (bicyclic) bond motifs is 1. The maximum absolute atomic E-state index is 11.0. The zero-order valence-electron chi connectivity index (χ0n) is 10.6. The molecule has 3 rings (SSSR count). The van der Waals surface area contributed by atoms with Gasteiger partial charge in [-0.05, 0) is 18.2 Å². The Morgan fingerprint density at radius 2 is 2.05 bits per heavy atom. The zero-order chi connectivity index (χ0) is 14.8. The average molecular weight is 283 g/mol. The van der Waals surface area contributed by atoms with Crippen LogP contribution in [0.1, 0.15) is 0 Å². The summed E-state index contributed by atoms with van der Waals surface area (Å²) < 4.78 is 5.45. The first-order valence-electron chi connectivity index (χ1n) is 5.92. The zero-order valence-corrected chi connectivity index (χ0v) is 10.6. The molecule has 0 amide bonds. The van der Waals surface area contributed by atoms with Gasteiger partial charge in [0.15, 0.2) is 0 Å². The van der Waals surface area contributed by atoms with Crippen molar-refractivity contribution in [3.63, 3.8) is 0 Å². The molecule has 2 aromatic heterocycles. The molecule has 0 atom stereocenters. The van der Waals surface area contributed by atoms with Crippen molar-refractivity contribution >= 4 is 22.4 Å². The summed E-state index contributed by atoms with van der Waals surface area (Å²) in [5.41, 5.74) is 5.73. The lowest BCUT2D eigenvalue weighted by Crippen LogP contribution is -2.02. The highest BCUT2D eigenvalue weighted by molar-refractivity contribution is 5.79. The molecule has 0 unspecified atom stereocenters. The number of ether oxygens (including phenoxy) is 1. The molecule has 1 aromatic carbocycles. The van der Waals surface area contributed by atoms with E-state index in [9.17, 15) is 10.1 Å². The van der Waals surface area contributed by atoms with Gasteiger partial charge < -0.3 is 10.5 Å². The molecule has 21 heavy (non-hydrogen) atoms. The van der Waals surface area contributed by atoms with Crippen LogP contribution in [-0.2, 0) is 0 Å². The summed E-state index contributed by atoms with van der Waals surface area (Å²) in [6.45, 7) is 0. The van der Waals surface area contributed by atoms with Crippen LogP contribution in [0.2, 0.25) is 0 Å². The van der Waals surface area contributed by atoms with Crippen LogP contribution in [0, 0.1) is 10.1 Å². The predicted octanol–water partition coefficient (Wildman–Crippen LogP) is 2.31. The van der Waals surface area contributed by atoms with Gasteiger partial charge in [-0.3, -0.25) is 15.1 Å². The van der Waals surface area contributed by atoms with E-state index in [4.69, 9.17) is 10.5 Å². The van der Waals surface area contributed by atoms with Crippen molar-refractivity contribution in [1.29, 1.82) is 0 Å². The van der Waals surface area contributed by atoms with Gasteiger partial charge in [0.2, 0.25) is 5.82 Å². The van der Waals surface area contributed by atoms with Crippen LogP contribution in [-0.4, -0.2) is 19.9 Å². The lowest BCUT2D eigenvalue weighted by Gasteiger charge is -2.06. The molecule has 8 nitrogen and oxygen atoms in total. The largest absolute Gasteiger partial charge is 0.433 e. The van der Waals surface area contributed by atoms with Crippen molar-refractivity contribution in [1.82, 2.24) is 15.0 Å². The molecule has 0 aliphatic carbocycles. The maximum atomic E-state index is 11.0. The van der Waals surface area contributed by atoms with Gasteiger partial charge in [0.25, 0.3) is 0 Å². The third-order valence-corrected chi connectivity index (χ3v) is 2.79. The van der Waals surface area contributed by atoms with Crippen LogP contribution in [0.15, 0.2) is 42.9 Å². The second-order valence-corrected chi connectivity index (χ2v) is 4.13. The molecule has 0 spiro atoms. The monoisotopic (exact) mass is 283 g/mol. The first kappa shape index (κ1) is 12.7.